The van der Waals surface area contributed by atoms with E-state index in [9.17, 15) is 8.42 Å². The predicted octanol–water partition coefficient (Wildman–Crippen LogP) is -0.497. The Balaban J connectivity index is 2.21. The van der Waals surface area contributed by atoms with Crippen molar-refractivity contribution >= 4 is 10.2 Å². The maximum atomic E-state index is 11.9. The molecule has 0 fully saturated rings. The summed E-state index contributed by atoms with van der Waals surface area (Å²) in [7, 11) is -1.83. The lowest BCUT2D eigenvalue weighted by Crippen LogP contribution is -2.40. The molecule has 0 amide bonds. The summed E-state index contributed by atoms with van der Waals surface area (Å²) in [6.45, 7) is 4.68. The number of aromatic amines is 1. The highest BCUT2D eigenvalue weighted by Gasteiger charge is 2.16. The fraction of sp³-hybridized carbons (Fsp3) is 0.818. The van der Waals surface area contributed by atoms with Crippen LogP contribution in [0.1, 0.15) is 25.6 Å². The van der Waals surface area contributed by atoms with Crippen LogP contribution in [0.15, 0.2) is 6.33 Å². The van der Waals surface area contributed by atoms with E-state index in [1.807, 2.05) is 0 Å². The van der Waals surface area contributed by atoms with Gasteiger partial charge < -0.3 is 5.32 Å². The second-order valence-corrected chi connectivity index (χ2v) is 6.37. The van der Waals surface area contributed by atoms with E-state index in [0.29, 0.717) is 25.3 Å². The van der Waals surface area contributed by atoms with Crippen molar-refractivity contribution < 1.29 is 8.42 Å². The molecule has 0 aliphatic heterocycles. The Kier molecular flexibility index (Phi) is 7.67. The average Bonchev–Trinajstić information content (AvgIpc) is 2.91. The third-order valence-electron chi connectivity index (χ3n) is 2.77. The molecule has 0 bridgehead atoms. The lowest BCUT2D eigenvalue weighted by Gasteiger charge is -2.17. The van der Waals surface area contributed by atoms with Gasteiger partial charge in [-0.1, -0.05) is 6.92 Å². The minimum atomic E-state index is -3.41. The molecular formula is C11H24N6O2S. The first-order chi connectivity index (χ1) is 9.56. The monoisotopic (exact) mass is 304 g/mol. The summed E-state index contributed by atoms with van der Waals surface area (Å²) in [5, 5.41) is 9.64. The van der Waals surface area contributed by atoms with Crippen LogP contribution in [0.4, 0.5) is 0 Å². The van der Waals surface area contributed by atoms with Gasteiger partial charge in [-0.2, -0.15) is 17.8 Å². The van der Waals surface area contributed by atoms with Crippen LogP contribution in [0.5, 0.6) is 0 Å². The molecule has 8 nitrogen and oxygen atoms in total. The van der Waals surface area contributed by atoms with Crippen molar-refractivity contribution in [3.05, 3.63) is 12.2 Å². The topological polar surface area (TPSA) is 103 Å². The van der Waals surface area contributed by atoms with Gasteiger partial charge in [-0.3, -0.25) is 5.10 Å². The predicted molar refractivity (Wildman–Crippen MR) is 77.4 cm³/mol. The third kappa shape index (κ3) is 6.42. The number of rotatable bonds is 11. The Hall–Kier alpha value is -1.03. The van der Waals surface area contributed by atoms with Crippen molar-refractivity contribution in [1.82, 2.24) is 29.5 Å². The van der Waals surface area contributed by atoms with E-state index < -0.39 is 10.2 Å². The van der Waals surface area contributed by atoms with Crippen LogP contribution < -0.4 is 10.0 Å². The Morgan fingerprint density at radius 3 is 2.80 bits per heavy atom. The molecule has 1 heterocycles. The van der Waals surface area contributed by atoms with Crippen molar-refractivity contribution in [2.45, 2.75) is 26.2 Å². The molecule has 3 N–H and O–H groups in total. The number of nitrogens with one attached hydrogen (secondary N) is 3. The average molecular weight is 304 g/mol. The minimum Gasteiger partial charge on any atom is -0.317 e. The number of hydrogen-bond donors (Lipinski definition) is 3. The molecule has 116 valence electrons. The fourth-order valence-electron chi connectivity index (χ4n) is 1.61. The number of nitrogens with zero attached hydrogens (tertiary/aromatic N) is 3. The molecule has 0 saturated carbocycles. The molecule has 1 aromatic rings. The lowest BCUT2D eigenvalue weighted by atomic mass is 10.4. The van der Waals surface area contributed by atoms with Gasteiger partial charge in [-0.25, -0.2) is 9.71 Å². The van der Waals surface area contributed by atoms with Crippen molar-refractivity contribution in [1.29, 1.82) is 0 Å². The van der Waals surface area contributed by atoms with E-state index in [1.165, 1.54) is 10.6 Å². The highest BCUT2D eigenvalue weighted by Crippen LogP contribution is 1.96. The Morgan fingerprint density at radius 2 is 2.15 bits per heavy atom. The van der Waals surface area contributed by atoms with E-state index in [1.54, 1.807) is 7.05 Å². The van der Waals surface area contributed by atoms with Gasteiger partial charge in [0.25, 0.3) is 10.2 Å². The zero-order chi connectivity index (χ0) is 14.8. The summed E-state index contributed by atoms with van der Waals surface area (Å²) in [5.74, 6) is 0.666. The van der Waals surface area contributed by atoms with Gasteiger partial charge in [0.05, 0.1) is 0 Å². The zero-order valence-electron chi connectivity index (χ0n) is 12.1. The molecule has 9 heteroatoms. The SMILES string of the molecule is CCCNCCCN(C)S(=O)(=O)NCCc1ncn[nH]1. The molecule has 0 aromatic carbocycles. The van der Waals surface area contributed by atoms with Crippen molar-refractivity contribution in [2.24, 2.45) is 0 Å². The second kappa shape index (κ2) is 9.01. The fourth-order valence-corrected chi connectivity index (χ4v) is 2.56. The highest BCUT2D eigenvalue weighted by molar-refractivity contribution is 7.87. The molecule has 1 aromatic heterocycles. The summed E-state index contributed by atoms with van der Waals surface area (Å²) in [4.78, 5) is 3.94. The van der Waals surface area contributed by atoms with Crippen molar-refractivity contribution in [2.75, 3.05) is 33.2 Å². The van der Waals surface area contributed by atoms with Gasteiger partial charge in [-0.05, 0) is 25.9 Å². The van der Waals surface area contributed by atoms with Gasteiger partial charge in [0.1, 0.15) is 12.2 Å². The van der Waals surface area contributed by atoms with E-state index in [4.69, 9.17) is 0 Å². The van der Waals surface area contributed by atoms with Gasteiger partial charge in [0.15, 0.2) is 0 Å². The number of aromatic nitrogens is 3. The van der Waals surface area contributed by atoms with Gasteiger partial charge >= 0.3 is 0 Å². The molecule has 1 rings (SSSR count). The van der Waals surface area contributed by atoms with E-state index >= 15 is 0 Å². The standard InChI is InChI=1S/C11H24N6O2S/c1-3-6-12-7-4-9-17(2)20(18,19)15-8-5-11-13-10-14-16-11/h10,12,15H,3-9H2,1-2H3,(H,13,14,16). The molecule has 0 unspecified atom stereocenters. The number of H-pyrrole nitrogens is 1. The van der Waals surface area contributed by atoms with E-state index in [0.717, 1.165) is 25.9 Å². The first-order valence-corrected chi connectivity index (χ1v) is 8.26. The molecular weight excluding hydrogens is 280 g/mol. The van der Waals surface area contributed by atoms with Crippen molar-refractivity contribution in [3.63, 3.8) is 0 Å². The zero-order valence-corrected chi connectivity index (χ0v) is 12.9. The van der Waals surface area contributed by atoms with Crippen LogP contribution in [0.2, 0.25) is 0 Å². The van der Waals surface area contributed by atoms with Gasteiger partial charge in [0.2, 0.25) is 0 Å². The first-order valence-electron chi connectivity index (χ1n) is 6.82. The normalized spacial score (nSPS) is 12.2. The van der Waals surface area contributed by atoms with E-state index in [2.05, 4.69) is 32.1 Å². The van der Waals surface area contributed by atoms with Crippen LogP contribution >= 0.6 is 0 Å². The maximum Gasteiger partial charge on any atom is 0.279 e. The van der Waals surface area contributed by atoms with Crippen molar-refractivity contribution in [3.8, 4) is 0 Å². The Labute approximate surface area is 120 Å². The maximum absolute atomic E-state index is 11.9. The summed E-state index contributed by atoms with van der Waals surface area (Å²) in [6.07, 6.45) is 3.77. The molecule has 0 radical (unpaired) electrons. The van der Waals surface area contributed by atoms with E-state index in [-0.39, 0.29) is 0 Å². The Bertz CT molecular complexity index is 447. The smallest absolute Gasteiger partial charge is 0.279 e. The van der Waals surface area contributed by atoms with Crippen LogP contribution in [0, 0.1) is 0 Å². The van der Waals surface area contributed by atoms with Crippen LogP contribution in [0.25, 0.3) is 0 Å². The Morgan fingerprint density at radius 1 is 1.35 bits per heavy atom. The summed E-state index contributed by atoms with van der Waals surface area (Å²) >= 11 is 0. The second-order valence-electron chi connectivity index (χ2n) is 4.51. The lowest BCUT2D eigenvalue weighted by molar-refractivity contribution is 0.444. The molecule has 0 aliphatic rings. The largest absolute Gasteiger partial charge is 0.317 e. The summed E-state index contributed by atoms with van der Waals surface area (Å²) < 4.78 is 27.7. The molecule has 0 saturated heterocycles. The quantitative estimate of drug-likeness (QED) is 0.478. The van der Waals surface area contributed by atoms with Crippen LogP contribution in [-0.2, 0) is 16.6 Å². The summed E-state index contributed by atoms with van der Waals surface area (Å²) in [6, 6.07) is 0. The van der Waals surface area contributed by atoms with Gasteiger partial charge in [0, 0.05) is 26.6 Å². The highest BCUT2D eigenvalue weighted by atomic mass is 32.2. The van der Waals surface area contributed by atoms with Crippen LogP contribution in [-0.4, -0.2) is 61.1 Å². The van der Waals surface area contributed by atoms with Crippen LogP contribution in [0.3, 0.4) is 0 Å². The number of hydrogen-bond acceptors (Lipinski definition) is 5. The van der Waals surface area contributed by atoms with Gasteiger partial charge in [-0.15, -0.1) is 0 Å². The minimum absolute atomic E-state index is 0.302. The molecule has 20 heavy (non-hydrogen) atoms. The first kappa shape index (κ1) is 17.0. The molecule has 0 aliphatic carbocycles. The molecule has 0 atom stereocenters. The molecule has 0 spiro atoms. The summed E-state index contributed by atoms with van der Waals surface area (Å²) in [5.41, 5.74) is 0. The third-order valence-corrected chi connectivity index (χ3v) is 4.35.